The Bertz CT molecular complexity index is 783. The zero-order chi connectivity index (χ0) is 20.6. The van der Waals surface area contributed by atoms with Crippen molar-refractivity contribution in [1.29, 1.82) is 0 Å². The fraction of sp³-hybridized carbons (Fsp3) is 0.565. The van der Waals surface area contributed by atoms with E-state index < -0.39 is 0 Å². The molecular weight excluding hydrogens is 503 g/mol. The number of guanidine groups is 1. The van der Waals surface area contributed by atoms with Gasteiger partial charge in [-0.05, 0) is 69.5 Å². The summed E-state index contributed by atoms with van der Waals surface area (Å²) in [7, 11) is 0. The lowest BCUT2D eigenvalue weighted by Gasteiger charge is -2.26. The number of aromatic nitrogens is 1. The van der Waals surface area contributed by atoms with Gasteiger partial charge >= 0.3 is 0 Å². The predicted octanol–water partition coefficient (Wildman–Crippen LogP) is 3.79. The number of likely N-dealkylation sites (tertiary alicyclic amines) is 1. The molecule has 4 rings (SSSR count). The van der Waals surface area contributed by atoms with E-state index in [1.54, 1.807) is 6.26 Å². The van der Waals surface area contributed by atoms with Crippen LogP contribution in [0, 0.1) is 0 Å². The molecule has 4 heterocycles. The number of halogens is 1. The molecule has 31 heavy (non-hydrogen) atoms. The van der Waals surface area contributed by atoms with Crippen molar-refractivity contribution in [2.45, 2.75) is 45.2 Å². The standard InChI is InChI=1S/C23H34N6O.HI/c1-2-24-23(26-17-19-9-10-22(25-16-19)29-13-5-6-14-29)27-18-20(21-8-7-15-30-21)28-11-3-4-12-28;/h7-10,15-16,20H,2-6,11-14,17-18H2,1H3,(H2,24,26,27);1H. The van der Waals surface area contributed by atoms with E-state index in [0.717, 1.165) is 62.4 Å². The zero-order valence-electron chi connectivity index (χ0n) is 18.4. The first-order valence-electron chi connectivity index (χ1n) is 11.3. The molecule has 0 saturated carbocycles. The van der Waals surface area contributed by atoms with E-state index in [1.165, 1.54) is 25.7 Å². The minimum Gasteiger partial charge on any atom is -0.468 e. The van der Waals surface area contributed by atoms with Crippen LogP contribution in [0.2, 0.25) is 0 Å². The molecule has 2 aliphatic heterocycles. The van der Waals surface area contributed by atoms with Gasteiger partial charge in [-0.2, -0.15) is 0 Å². The molecule has 0 radical (unpaired) electrons. The Hall–Kier alpha value is -1.81. The molecule has 2 N–H and O–H groups in total. The average Bonchev–Trinajstić information content (AvgIpc) is 3.56. The monoisotopic (exact) mass is 538 g/mol. The van der Waals surface area contributed by atoms with E-state index in [4.69, 9.17) is 9.41 Å². The summed E-state index contributed by atoms with van der Waals surface area (Å²) in [4.78, 5) is 14.3. The van der Waals surface area contributed by atoms with E-state index in [9.17, 15) is 0 Å². The van der Waals surface area contributed by atoms with Crippen LogP contribution in [0.3, 0.4) is 0 Å². The number of pyridine rings is 1. The van der Waals surface area contributed by atoms with Crippen LogP contribution < -0.4 is 15.5 Å². The molecule has 2 fully saturated rings. The molecule has 1 unspecified atom stereocenters. The van der Waals surface area contributed by atoms with Gasteiger partial charge in [0.2, 0.25) is 0 Å². The van der Waals surface area contributed by atoms with Gasteiger partial charge in [-0.3, -0.25) is 4.90 Å². The summed E-state index contributed by atoms with van der Waals surface area (Å²) in [5.74, 6) is 2.93. The number of hydrogen-bond donors (Lipinski definition) is 2. The predicted molar refractivity (Wildman–Crippen MR) is 136 cm³/mol. The molecular formula is C23H35IN6O. The summed E-state index contributed by atoms with van der Waals surface area (Å²) in [5, 5.41) is 6.88. The van der Waals surface area contributed by atoms with Gasteiger partial charge in [0.25, 0.3) is 0 Å². The summed E-state index contributed by atoms with van der Waals surface area (Å²) in [6.07, 6.45) is 8.76. The third-order valence-electron chi connectivity index (χ3n) is 5.92. The molecule has 1 atom stereocenters. The molecule has 8 heteroatoms. The third-order valence-corrected chi connectivity index (χ3v) is 5.92. The normalized spacial score (nSPS) is 18.1. The van der Waals surface area contributed by atoms with E-state index in [1.807, 2.05) is 12.3 Å². The van der Waals surface area contributed by atoms with E-state index in [-0.39, 0.29) is 30.0 Å². The topological polar surface area (TPSA) is 68.9 Å². The Balaban J connectivity index is 0.00000272. The van der Waals surface area contributed by atoms with E-state index in [0.29, 0.717) is 6.54 Å². The zero-order valence-corrected chi connectivity index (χ0v) is 20.8. The molecule has 2 aromatic rings. The maximum atomic E-state index is 5.73. The molecule has 0 aromatic carbocycles. The lowest BCUT2D eigenvalue weighted by atomic mass is 10.2. The van der Waals surface area contributed by atoms with Crippen LogP contribution >= 0.6 is 24.0 Å². The molecule has 2 aliphatic rings. The number of rotatable bonds is 8. The Kier molecular flexibility index (Phi) is 9.45. The summed E-state index contributed by atoms with van der Waals surface area (Å²) in [6.45, 7) is 8.77. The smallest absolute Gasteiger partial charge is 0.191 e. The van der Waals surface area contributed by atoms with Crippen molar-refractivity contribution in [1.82, 2.24) is 20.5 Å². The third kappa shape index (κ3) is 6.58. The molecule has 7 nitrogen and oxygen atoms in total. The summed E-state index contributed by atoms with van der Waals surface area (Å²) in [5.41, 5.74) is 1.12. The summed E-state index contributed by atoms with van der Waals surface area (Å²) >= 11 is 0. The molecule has 0 aliphatic carbocycles. The quantitative estimate of drug-likeness (QED) is 0.303. The van der Waals surface area contributed by atoms with Crippen LogP contribution in [0.15, 0.2) is 46.1 Å². The maximum absolute atomic E-state index is 5.73. The number of hydrogen-bond acceptors (Lipinski definition) is 5. The fourth-order valence-corrected chi connectivity index (χ4v) is 4.29. The highest BCUT2D eigenvalue weighted by Gasteiger charge is 2.25. The van der Waals surface area contributed by atoms with Gasteiger partial charge in [0.15, 0.2) is 5.96 Å². The highest BCUT2D eigenvalue weighted by Crippen LogP contribution is 2.25. The maximum Gasteiger partial charge on any atom is 0.191 e. The van der Waals surface area contributed by atoms with Crippen LogP contribution in [0.1, 0.15) is 50.0 Å². The first-order valence-corrected chi connectivity index (χ1v) is 11.3. The van der Waals surface area contributed by atoms with E-state index >= 15 is 0 Å². The van der Waals surface area contributed by atoms with Gasteiger partial charge in [0.1, 0.15) is 11.6 Å². The molecule has 2 saturated heterocycles. The van der Waals surface area contributed by atoms with Gasteiger partial charge in [-0.1, -0.05) is 6.07 Å². The molecule has 2 aromatic heterocycles. The Morgan fingerprint density at radius 1 is 1.10 bits per heavy atom. The van der Waals surface area contributed by atoms with Crippen molar-refractivity contribution in [2.24, 2.45) is 4.99 Å². The summed E-state index contributed by atoms with van der Waals surface area (Å²) in [6, 6.07) is 8.53. The van der Waals surface area contributed by atoms with Crippen molar-refractivity contribution in [3.63, 3.8) is 0 Å². The number of furan rings is 1. The van der Waals surface area contributed by atoms with E-state index in [2.05, 4.69) is 50.5 Å². The minimum atomic E-state index is 0. The number of nitrogens with one attached hydrogen (secondary N) is 2. The minimum absolute atomic E-state index is 0. The van der Waals surface area contributed by atoms with Gasteiger partial charge in [0, 0.05) is 32.4 Å². The summed E-state index contributed by atoms with van der Waals surface area (Å²) < 4.78 is 5.73. The van der Waals surface area contributed by atoms with Gasteiger partial charge in [-0.15, -0.1) is 24.0 Å². The van der Waals surface area contributed by atoms with Crippen molar-refractivity contribution < 1.29 is 4.42 Å². The average molecular weight is 538 g/mol. The molecule has 170 valence electrons. The highest BCUT2D eigenvalue weighted by molar-refractivity contribution is 14.0. The SMILES string of the molecule is CCNC(=NCc1ccc(N2CCCC2)nc1)NCC(c1ccco1)N1CCCC1.I. The first-order chi connectivity index (χ1) is 14.8. The number of nitrogens with zero attached hydrogens (tertiary/aromatic N) is 4. The largest absolute Gasteiger partial charge is 0.468 e. The van der Waals surface area contributed by atoms with Gasteiger partial charge < -0.3 is 20.0 Å². The second-order valence-corrected chi connectivity index (χ2v) is 8.07. The van der Waals surface area contributed by atoms with Crippen molar-refractivity contribution in [3.05, 3.63) is 48.0 Å². The molecule has 0 bridgehead atoms. The van der Waals surface area contributed by atoms with Crippen molar-refractivity contribution >= 4 is 35.8 Å². The molecule has 0 amide bonds. The highest BCUT2D eigenvalue weighted by atomic mass is 127. The van der Waals surface area contributed by atoms with Crippen LogP contribution in [0.5, 0.6) is 0 Å². The number of aliphatic imine (C=N–C) groups is 1. The second kappa shape index (κ2) is 12.3. The van der Waals surface area contributed by atoms with Crippen LogP contribution in [0.25, 0.3) is 0 Å². The van der Waals surface area contributed by atoms with Crippen molar-refractivity contribution in [3.8, 4) is 0 Å². The lowest BCUT2D eigenvalue weighted by molar-refractivity contribution is 0.215. The second-order valence-electron chi connectivity index (χ2n) is 8.07. The van der Waals surface area contributed by atoms with Crippen LogP contribution in [-0.2, 0) is 6.54 Å². The van der Waals surface area contributed by atoms with Gasteiger partial charge in [0.05, 0.1) is 18.8 Å². The van der Waals surface area contributed by atoms with Crippen molar-refractivity contribution in [2.75, 3.05) is 44.2 Å². The molecule has 0 spiro atoms. The van der Waals surface area contributed by atoms with Gasteiger partial charge in [-0.25, -0.2) is 9.98 Å². The van der Waals surface area contributed by atoms with Crippen LogP contribution in [0.4, 0.5) is 5.82 Å². The fourth-order valence-electron chi connectivity index (χ4n) is 4.29. The van der Waals surface area contributed by atoms with Crippen LogP contribution in [-0.4, -0.2) is 55.1 Å². The number of anilines is 1. The Morgan fingerprint density at radius 3 is 2.52 bits per heavy atom. The lowest BCUT2D eigenvalue weighted by Crippen LogP contribution is -2.42. The Labute approximate surface area is 202 Å². The Morgan fingerprint density at radius 2 is 1.87 bits per heavy atom. The first kappa shape index (κ1) is 23.8.